The van der Waals surface area contributed by atoms with Crippen LogP contribution in [0.4, 0.5) is 0 Å². The van der Waals surface area contributed by atoms with Crippen molar-refractivity contribution < 1.29 is 14.6 Å². The molecule has 0 fully saturated rings. The van der Waals surface area contributed by atoms with Gasteiger partial charge in [-0.15, -0.1) is 0 Å². The molecule has 4 nitrogen and oxygen atoms in total. The molecule has 0 aliphatic carbocycles. The molecule has 0 saturated heterocycles. The van der Waals surface area contributed by atoms with E-state index in [1.807, 2.05) is 0 Å². The van der Waals surface area contributed by atoms with Crippen LogP contribution in [-0.4, -0.2) is 10.2 Å². The van der Waals surface area contributed by atoms with Crippen molar-refractivity contribution in [3.63, 3.8) is 0 Å². The molecule has 0 radical (unpaired) electrons. The topological polar surface area (TPSA) is 70.7 Å². The molecule has 0 amide bonds. The highest BCUT2D eigenvalue weighted by Gasteiger charge is 2.13. The third kappa shape index (κ3) is 2.00. The maximum atomic E-state index is 12.0. The first kappa shape index (κ1) is 12.6. The van der Waals surface area contributed by atoms with E-state index >= 15 is 0 Å². The molecule has 0 atom stereocenters. The van der Waals surface area contributed by atoms with Gasteiger partial charge in [0.05, 0.1) is 10.9 Å². The molecule has 0 aliphatic rings. The van der Waals surface area contributed by atoms with E-state index < -0.39 is 5.63 Å². The van der Waals surface area contributed by atoms with Crippen LogP contribution in [0.25, 0.3) is 22.1 Å². The summed E-state index contributed by atoms with van der Waals surface area (Å²) in [6.07, 6.45) is 0. The van der Waals surface area contributed by atoms with Crippen LogP contribution < -0.4 is 5.63 Å². The molecule has 3 aromatic rings. The summed E-state index contributed by atoms with van der Waals surface area (Å²) < 4.78 is 5.13. The first-order valence-corrected chi connectivity index (χ1v) is 6.19. The van der Waals surface area contributed by atoms with E-state index in [9.17, 15) is 15.0 Å². The van der Waals surface area contributed by atoms with Crippen molar-refractivity contribution in [3.05, 3.63) is 57.9 Å². The third-order valence-electron chi connectivity index (χ3n) is 2.98. The summed E-state index contributed by atoms with van der Waals surface area (Å²) in [7, 11) is 0. The molecule has 0 spiro atoms. The second kappa shape index (κ2) is 4.58. The summed E-state index contributed by atoms with van der Waals surface area (Å²) in [4.78, 5) is 12.0. The lowest BCUT2D eigenvalue weighted by Crippen LogP contribution is -2.03. The predicted molar refractivity (Wildman–Crippen MR) is 76.3 cm³/mol. The summed E-state index contributed by atoms with van der Waals surface area (Å²) in [5.74, 6) is -0.347. The van der Waals surface area contributed by atoms with Gasteiger partial charge in [0.15, 0.2) is 0 Å². The van der Waals surface area contributed by atoms with E-state index in [0.717, 1.165) is 0 Å². The van der Waals surface area contributed by atoms with E-state index in [0.29, 0.717) is 16.0 Å². The standard InChI is InChI=1S/C15H9ClO4/c16-12-4-2-1-3-9(12)10-7-11-13(18)5-8(17)6-14(11)20-15(10)19/h1-7,17-18H. The first-order valence-electron chi connectivity index (χ1n) is 5.81. The molecule has 0 saturated carbocycles. The Balaban J connectivity index is 2.36. The van der Waals surface area contributed by atoms with Crippen LogP contribution in [-0.2, 0) is 0 Å². The Labute approximate surface area is 118 Å². The van der Waals surface area contributed by atoms with Crippen LogP contribution >= 0.6 is 11.6 Å². The molecule has 3 rings (SSSR count). The Hall–Kier alpha value is -2.46. The van der Waals surface area contributed by atoms with Gasteiger partial charge >= 0.3 is 5.63 Å². The molecule has 1 aromatic heterocycles. The lowest BCUT2D eigenvalue weighted by atomic mass is 10.1. The number of hydrogen-bond donors (Lipinski definition) is 2. The van der Waals surface area contributed by atoms with Gasteiger partial charge in [-0.3, -0.25) is 0 Å². The van der Waals surface area contributed by atoms with Crippen LogP contribution in [0.5, 0.6) is 11.5 Å². The molecule has 20 heavy (non-hydrogen) atoms. The van der Waals surface area contributed by atoms with Crippen molar-refractivity contribution in [2.24, 2.45) is 0 Å². The molecule has 0 bridgehead atoms. The summed E-state index contributed by atoms with van der Waals surface area (Å²) in [6.45, 7) is 0. The minimum Gasteiger partial charge on any atom is -0.508 e. The third-order valence-corrected chi connectivity index (χ3v) is 3.31. The molecule has 1 heterocycles. The van der Waals surface area contributed by atoms with Crippen LogP contribution in [0, 0.1) is 0 Å². The van der Waals surface area contributed by atoms with Crippen LogP contribution in [0.2, 0.25) is 5.02 Å². The fraction of sp³-hybridized carbons (Fsp3) is 0. The molecule has 0 unspecified atom stereocenters. The summed E-state index contributed by atoms with van der Waals surface area (Å²) in [5, 5.41) is 20.0. The molecule has 0 aliphatic heterocycles. The van der Waals surface area contributed by atoms with Gasteiger partial charge in [-0.25, -0.2) is 4.79 Å². The summed E-state index contributed by atoms with van der Waals surface area (Å²) in [5.41, 5.74) is 0.306. The fourth-order valence-corrected chi connectivity index (χ4v) is 2.29. The molecular formula is C15H9ClO4. The minimum absolute atomic E-state index is 0.114. The van der Waals surface area contributed by atoms with Crippen molar-refractivity contribution in [1.82, 2.24) is 0 Å². The smallest absolute Gasteiger partial charge is 0.344 e. The average Bonchev–Trinajstić information content (AvgIpc) is 2.39. The lowest BCUT2D eigenvalue weighted by molar-refractivity contribution is 0.451. The maximum Gasteiger partial charge on any atom is 0.344 e. The number of benzene rings is 2. The van der Waals surface area contributed by atoms with E-state index in [1.54, 1.807) is 24.3 Å². The molecule has 2 aromatic carbocycles. The molecular weight excluding hydrogens is 280 g/mol. The molecule has 100 valence electrons. The van der Waals surface area contributed by atoms with Gasteiger partial charge in [-0.05, 0) is 12.1 Å². The number of phenols is 2. The monoisotopic (exact) mass is 288 g/mol. The highest BCUT2D eigenvalue weighted by molar-refractivity contribution is 6.33. The highest BCUT2D eigenvalue weighted by Crippen LogP contribution is 2.33. The normalized spacial score (nSPS) is 10.8. The first-order chi connectivity index (χ1) is 9.56. The number of aromatic hydroxyl groups is 2. The Morgan fingerprint density at radius 2 is 1.75 bits per heavy atom. The van der Waals surface area contributed by atoms with Gasteiger partial charge in [0.1, 0.15) is 17.1 Å². The highest BCUT2D eigenvalue weighted by atomic mass is 35.5. The van der Waals surface area contributed by atoms with E-state index in [2.05, 4.69) is 0 Å². The van der Waals surface area contributed by atoms with Crippen LogP contribution in [0.3, 0.4) is 0 Å². The maximum absolute atomic E-state index is 12.0. The van der Waals surface area contributed by atoms with Crippen molar-refractivity contribution in [1.29, 1.82) is 0 Å². The summed E-state index contributed by atoms with van der Waals surface area (Å²) >= 11 is 6.06. The Bertz CT molecular complexity index is 867. The lowest BCUT2D eigenvalue weighted by Gasteiger charge is -2.06. The van der Waals surface area contributed by atoms with E-state index in [1.165, 1.54) is 18.2 Å². The van der Waals surface area contributed by atoms with Crippen molar-refractivity contribution in [3.8, 4) is 22.6 Å². The second-order valence-corrected chi connectivity index (χ2v) is 4.71. The van der Waals surface area contributed by atoms with Gasteiger partial charge in [-0.2, -0.15) is 0 Å². The molecule has 5 heteroatoms. The number of fused-ring (bicyclic) bond motifs is 1. The van der Waals surface area contributed by atoms with Gasteiger partial charge in [0.2, 0.25) is 0 Å². The minimum atomic E-state index is -0.587. The average molecular weight is 289 g/mol. The number of phenolic OH excluding ortho intramolecular Hbond substituents is 2. The zero-order valence-corrected chi connectivity index (χ0v) is 10.9. The SMILES string of the molecule is O=c1oc2cc(O)cc(O)c2cc1-c1ccccc1Cl. The zero-order valence-electron chi connectivity index (χ0n) is 10.1. The van der Waals surface area contributed by atoms with Gasteiger partial charge in [0.25, 0.3) is 0 Å². The largest absolute Gasteiger partial charge is 0.508 e. The van der Waals surface area contributed by atoms with Crippen LogP contribution in [0.15, 0.2) is 51.7 Å². The van der Waals surface area contributed by atoms with Crippen LogP contribution in [0.1, 0.15) is 0 Å². The van der Waals surface area contributed by atoms with E-state index in [4.69, 9.17) is 16.0 Å². The van der Waals surface area contributed by atoms with Crippen molar-refractivity contribution in [2.75, 3.05) is 0 Å². The fourth-order valence-electron chi connectivity index (χ4n) is 2.05. The Morgan fingerprint density at radius 1 is 1.00 bits per heavy atom. The molecule has 2 N–H and O–H groups in total. The van der Waals surface area contributed by atoms with Crippen molar-refractivity contribution in [2.45, 2.75) is 0 Å². The predicted octanol–water partition coefficient (Wildman–Crippen LogP) is 3.52. The van der Waals surface area contributed by atoms with Gasteiger partial charge < -0.3 is 14.6 Å². The van der Waals surface area contributed by atoms with Gasteiger partial charge in [-0.1, -0.05) is 29.8 Å². The second-order valence-electron chi connectivity index (χ2n) is 4.30. The Morgan fingerprint density at radius 3 is 2.50 bits per heavy atom. The quantitative estimate of drug-likeness (QED) is 0.672. The number of halogens is 1. The number of rotatable bonds is 1. The van der Waals surface area contributed by atoms with E-state index in [-0.39, 0.29) is 22.6 Å². The Kier molecular flexibility index (Phi) is 2.88. The van der Waals surface area contributed by atoms with Gasteiger partial charge in [0, 0.05) is 22.7 Å². The summed E-state index contributed by atoms with van der Waals surface area (Å²) in [6, 6.07) is 10.8. The zero-order chi connectivity index (χ0) is 14.3. The van der Waals surface area contributed by atoms with Crippen molar-refractivity contribution >= 4 is 22.6 Å². The number of hydrogen-bond acceptors (Lipinski definition) is 4.